The third-order valence-electron chi connectivity index (χ3n) is 3.92. The molecule has 162 valence electrons. The van der Waals surface area contributed by atoms with Crippen molar-refractivity contribution in [3.05, 3.63) is 65.0 Å². The lowest BCUT2D eigenvalue weighted by atomic mass is 10.1. The van der Waals surface area contributed by atoms with Gasteiger partial charge >= 0.3 is 6.18 Å². The number of halogens is 3. The number of aryl methyl sites for hydroxylation is 1. The summed E-state index contributed by atoms with van der Waals surface area (Å²) in [4.78, 5) is 15.7. The quantitative estimate of drug-likeness (QED) is 0.611. The van der Waals surface area contributed by atoms with E-state index in [0.717, 1.165) is 17.9 Å². The number of alkyl halides is 3. The van der Waals surface area contributed by atoms with Gasteiger partial charge in [0.1, 0.15) is 5.69 Å². The lowest BCUT2D eigenvalue weighted by Crippen LogP contribution is -2.20. The minimum Gasteiger partial charge on any atom is -0.348 e. The maximum atomic E-state index is 12.8. The zero-order valence-corrected chi connectivity index (χ0v) is 17.3. The number of anilines is 1. The molecule has 0 bridgehead atoms. The summed E-state index contributed by atoms with van der Waals surface area (Å²) in [5.41, 5.74) is 0.937. The number of carbonyl (C=O) groups is 1. The zero-order chi connectivity index (χ0) is 22.4. The second-order valence-corrected chi connectivity index (χ2v) is 8.35. The fourth-order valence-electron chi connectivity index (χ4n) is 2.58. The number of hydrogen-bond donors (Lipinski definition) is 2. The minimum absolute atomic E-state index is 0.204. The molecule has 0 unspecified atom stereocenters. The number of rotatable bonds is 8. The van der Waals surface area contributed by atoms with Crippen molar-refractivity contribution >= 4 is 27.7 Å². The second kappa shape index (κ2) is 9.75. The highest BCUT2D eigenvalue weighted by atomic mass is 32.2. The summed E-state index contributed by atoms with van der Waals surface area (Å²) in [6.07, 6.45) is 0.181. The van der Waals surface area contributed by atoms with Gasteiger partial charge in [0.15, 0.2) is 0 Å². The number of sulfonamides is 1. The highest BCUT2D eigenvalue weighted by Crippen LogP contribution is 2.28. The molecule has 6 nitrogen and oxygen atoms in total. The van der Waals surface area contributed by atoms with Gasteiger partial charge in [-0.1, -0.05) is 31.5 Å². The van der Waals surface area contributed by atoms with E-state index in [-0.39, 0.29) is 12.2 Å². The van der Waals surface area contributed by atoms with Gasteiger partial charge in [0, 0.05) is 24.0 Å². The van der Waals surface area contributed by atoms with E-state index >= 15 is 0 Å². The van der Waals surface area contributed by atoms with E-state index in [1.807, 2.05) is 6.92 Å². The van der Waals surface area contributed by atoms with Crippen molar-refractivity contribution in [3.63, 3.8) is 0 Å². The van der Waals surface area contributed by atoms with Gasteiger partial charge in [-0.05, 0) is 41.8 Å². The van der Waals surface area contributed by atoms with Crippen LogP contribution in [0.25, 0.3) is 6.08 Å². The third-order valence-corrected chi connectivity index (χ3v) is 4.53. The minimum atomic E-state index is -4.52. The number of hydrogen-bond acceptors (Lipinski definition) is 4. The summed E-state index contributed by atoms with van der Waals surface area (Å²) in [5, 5.41) is 2.66. The fourth-order valence-corrected chi connectivity index (χ4v) is 3.14. The van der Waals surface area contributed by atoms with E-state index in [9.17, 15) is 26.4 Å². The molecule has 0 aliphatic carbocycles. The highest BCUT2D eigenvalue weighted by molar-refractivity contribution is 7.92. The van der Waals surface area contributed by atoms with E-state index in [2.05, 4.69) is 15.0 Å². The number of aromatic nitrogens is 1. The van der Waals surface area contributed by atoms with Gasteiger partial charge in [0.2, 0.25) is 15.9 Å². The number of pyridine rings is 1. The van der Waals surface area contributed by atoms with E-state index in [1.165, 1.54) is 18.2 Å². The van der Waals surface area contributed by atoms with Crippen molar-refractivity contribution in [2.45, 2.75) is 32.5 Å². The maximum absolute atomic E-state index is 12.8. The molecule has 0 atom stereocenters. The lowest BCUT2D eigenvalue weighted by molar-refractivity contribution is -0.141. The van der Waals surface area contributed by atoms with Crippen LogP contribution in [0.3, 0.4) is 0 Å². The van der Waals surface area contributed by atoms with Gasteiger partial charge < -0.3 is 5.32 Å². The van der Waals surface area contributed by atoms with Crippen LogP contribution in [0.5, 0.6) is 0 Å². The molecule has 0 saturated carbocycles. The number of benzene rings is 1. The second-order valence-electron chi connectivity index (χ2n) is 6.60. The molecule has 0 fully saturated rings. The first-order valence-corrected chi connectivity index (χ1v) is 11.0. The largest absolute Gasteiger partial charge is 0.433 e. The first-order chi connectivity index (χ1) is 14.0. The Bertz CT molecular complexity index is 1020. The van der Waals surface area contributed by atoms with Crippen LogP contribution in [-0.4, -0.2) is 25.6 Å². The molecule has 0 aliphatic heterocycles. The molecular formula is C20H22F3N3O3S. The molecule has 1 amide bonds. The van der Waals surface area contributed by atoms with Gasteiger partial charge in [-0.15, -0.1) is 0 Å². The van der Waals surface area contributed by atoms with E-state index in [0.29, 0.717) is 24.1 Å². The number of nitrogens with one attached hydrogen (secondary N) is 2. The standard InChI is InChI=1S/C20H22F3N3O3S/c1-3-4-17-15(7-11-18(25-17)20(21,22)23)8-12-19(27)24-13-14-5-9-16(10-6-14)26-30(2,28)29/h5-12,26H,3-4,13H2,1-2H3,(H,24,27)/b12-8-. The predicted octanol–water partition coefficient (Wildman–Crippen LogP) is 3.75. The summed E-state index contributed by atoms with van der Waals surface area (Å²) in [6, 6.07) is 8.67. The Hall–Kier alpha value is -2.88. The summed E-state index contributed by atoms with van der Waals surface area (Å²) >= 11 is 0. The fraction of sp³-hybridized carbons (Fsp3) is 0.300. The number of carbonyl (C=O) groups excluding carboxylic acids is 1. The van der Waals surface area contributed by atoms with Crippen LogP contribution in [0.4, 0.5) is 18.9 Å². The molecule has 2 aromatic rings. The van der Waals surface area contributed by atoms with Crippen LogP contribution in [0.2, 0.25) is 0 Å². The van der Waals surface area contributed by atoms with Crippen LogP contribution in [0, 0.1) is 0 Å². The first-order valence-electron chi connectivity index (χ1n) is 9.07. The normalized spacial score (nSPS) is 12.2. The summed E-state index contributed by atoms with van der Waals surface area (Å²) in [5.74, 6) is -0.421. The van der Waals surface area contributed by atoms with Gasteiger partial charge in [0.25, 0.3) is 0 Å². The summed E-state index contributed by atoms with van der Waals surface area (Å²) in [7, 11) is -3.36. The van der Waals surface area contributed by atoms with Crippen molar-refractivity contribution in [2.24, 2.45) is 0 Å². The van der Waals surface area contributed by atoms with Crippen LogP contribution >= 0.6 is 0 Å². The Morgan fingerprint density at radius 1 is 1.13 bits per heavy atom. The van der Waals surface area contributed by atoms with Crippen molar-refractivity contribution in [3.8, 4) is 0 Å². The van der Waals surface area contributed by atoms with Crippen molar-refractivity contribution in [1.29, 1.82) is 0 Å². The Kier molecular flexibility index (Phi) is 7.60. The smallest absolute Gasteiger partial charge is 0.348 e. The molecule has 0 radical (unpaired) electrons. The molecule has 2 rings (SSSR count). The Morgan fingerprint density at radius 3 is 2.37 bits per heavy atom. The van der Waals surface area contributed by atoms with Crippen LogP contribution in [-0.2, 0) is 34.0 Å². The highest BCUT2D eigenvalue weighted by Gasteiger charge is 2.32. The third kappa shape index (κ3) is 7.51. The molecule has 1 heterocycles. The molecule has 0 aliphatic rings. The zero-order valence-electron chi connectivity index (χ0n) is 16.5. The first kappa shape index (κ1) is 23.4. The van der Waals surface area contributed by atoms with E-state index < -0.39 is 27.8 Å². The molecular weight excluding hydrogens is 419 g/mol. The summed E-state index contributed by atoms with van der Waals surface area (Å²) < 4.78 is 63.2. The van der Waals surface area contributed by atoms with Crippen LogP contribution in [0.15, 0.2) is 42.5 Å². The monoisotopic (exact) mass is 441 g/mol. The number of nitrogens with zero attached hydrogens (tertiary/aromatic N) is 1. The topological polar surface area (TPSA) is 88.2 Å². The van der Waals surface area contributed by atoms with E-state index in [4.69, 9.17) is 0 Å². The van der Waals surface area contributed by atoms with Crippen LogP contribution < -0.4 is 10.0 Å². The number of amides is 1. The molecule has 2 N–H and O–H groups in total. The predicted molar refractivity (Wildman–Crippen MR) is 109 cm³/mol. The molecule has 0 saturated heterocycles. The Balaban J connectivity index is 2.00. The Morgan fingerprint density at radius 2 is 1.80 bits per heavy atom. The van der Waals surface area contributed by atoms with Crippen LogP contribution in [0.1, 0.15) is 35.9 Å². The van der Waals surface area contributed by atoms with E-state index in [1.54, 1.807) is 24.3 Å². The van der Waals surface area contributed by atoms with Crippen molar-refractivity contribution in [2.75, 3.05) is 11.0 Å². The SMILES string of the molecule is CCCc1nc(C(F)(F)F)ccc1/C=C\C(=O)NCc1ccc(NS(C)(=O)=O)cc1. The van der Waals surface area contributed by atoms with Gasteiger partial charge in [-0.25, -0.2) is 13.4 Å². The maximum Gasteiger partial charge on any atom is 0.433 e. The molecule has 10 heteroatoms. The molecule has 30 heavy (non-hydrogen) atoms. The van der Waals surface area contributed by atoms with Gasteiger partial charge in [-0.3, -0.25) is 9.52 Å². The molecule has 1 aromatic heterocycles. The molecule has 0 spiro atoms. The average Bonchev–Trinajstić information content (AvgIpc) is 2.64. The Labute approximate surface area is 173 Å². The average molecular weight is 441 g/mol. The van der Waals surface area contributed by atoms with Gasteiger partial charge in [0.05, 0.1) is 6.26 Å². The van der Waals surface area contributed by atoms with Crippen molar-refractivity contribution < 1.29 is 26.4 Å². The van der Waals surface area contributed by atoms with Gasteiger partial charge in [-0.2, -0.15) is 13.2 Å². The molecule has 1 aromatic carbocycles. The summed E-state index contributed by atoms with van der Waals surface area (Å²) in [6.45, 7) is 2.04. The van der Waals surface area contributed by atoms with Crippen molar-refractivity contribution in [1.82, 2.24) is 10.3 Å². The lowest BCUT2D eigenvalue weighted by Gasteiger charge is -2.10.